The monoisotopic (exact) mass is 276 g/mol. The Kier molecular flexibility index (Phi) is 4.98. The van der Waals surface area contributed by atoms with E-state index in [-0.39, 0.29) is 0 Å². The van der Waals surface area contributed by atoms with Crippen molar-refractivity contribution in [2.45, 2.75) is 32.4 Å². The van der Waals surface area contributed by atoms with Crippen LogP contribution in [0.5, 0.6) is 5.75 Å². The molecule has 0 aliphatic rings. The third kappa shape index (κ3) is 3.89. The van der Waals surface area contributed by atoms with Gasteiger partial charge in [-0.15, -0.1) is 0 Å². The van der Waals surface area contributed by atoms with E-state index in [2.05, 4.69) is 6.07 Å². The summed E-state index contributed by atoms with van der Waals surface area (Å²) in [6.45, 7) is 5.34. The zero-order valence-corrected chi connectivity index (χ0v) is 12.5. The van der Waals surface area contributed by atoms with Crippen molar-refractivity contribution in [1.82, 2.24) is 4.90 Å². The fraction of sp³-hybridized carbons (Fsp3) is 0.467. The molecule has 1 amide bonds. The molecule has 1 unspecified atom stereocenters. The Morgan fingerprint density at radius 2 is 1.95 bits per heavy atom. The van der Waals surface area contributed by atoms with E-state index in [1.807, 2.05) is 6.07 Å². The summed E-state index contributed by atoms with van der Waals surface area (Å²) in [4.78, 5) is 13.3. The van der Waals surface area contributed by atoms with Gasteiger partial charge in [-0.3, -0.25) is 4.90 Å². The molecule has 0 bridgehead atoms. The molecular weight excluding hydrogens is 256 g/mol. The van der Waals surface area contributed by atoms with Crippen molar-refractivity contribution in [2.24, 2.45) is 0 Å². The highest BCUT2D eigenvalue weighted by atomic mass is 16.6. The van der Waals surface area contributed by atoms with Gasteiger partial charge in [0.05, 0.1) is 13.2 Å². The lowest BCUT2D eigenvalue weighted by Crippen LogP contribution is -2.36. The quantitative estimate of drug-likeness (QED) is 0.851. The van der Waals surface area contributed by atoms with E-state index in [1.54, 1.807) is 39.0 Å². The Morgan fingerprint density at radius 1 is 1.35 bits per heavy atom. The highest BCUT2D eigenvalue weighted by Gasteiger charge is 2.28. The second kappa shape index (κ2) is 6.29. The van der Waals surface area contributed by atoms with Gasteiger partial charge in [0.2, 0.25) is 0 Å². The second-order valence-corrected chi connectivity index (χ2v) is 5.36. The maximum atomic E-state index is 12.0. The van der Waals surface area contributed by atoms with Crippen LogP contribution in [0.25, 0.3) is 0 Å². The minimum absolute atomic E-state index is 0.546. The zero-order valence-electron chi connectivity index (χ0n) is 12.5. The van der Waals surface area contributed by atoms with Gasteiger partial charge in [-0.25, -0.2) is 4.79 Å². The number of nitrogens with zero attached hydrogens (tertiary/aromatic N) is 2. The molecule has 0 fully saturated rings. The number of carbonyl (C=O) groups is 1. The number of ether oxygens (including phenoxy) is 2. The SMILES string of the molecule is COc1ccccc1C(C#N)N(C)C(=O)OC(C)(C)C. The summed E-state index contributed by atoms with van der Waals surface area (Å²) in [6.07, 6.45) is -0.546. The van der Waals surface area contributed by atoms with Crippen molar-refractivity contribution in [3.63, 3.8) is 0 Å². The van der Waals surface area contributed by atoms with Crippen molar-refractivity contribution < 1.29 is 14.3 Å². The van der Waals surface area contributed by atoms with Crippen LogP contribution in [0, 0.1) is 11.3 Å². The summed E-state index contributed by atoms with van der Waals surface area (Å²) in [6, 6.07) is 8.46. The molecule has 1 aromatic carbocycles. The molecule has 5 heteroatoms. The number of carbonyl (C=O) groups excluding carboxylic acids is 1. The third-order valence-electron chi connectivity index (χ3n) is 2.62. The molecule has 0 radical (unpaired) electrons. The first kappa shape index (κ1) is 15.8. The molecule has 0 saturated carbocycles. The van der Waals surface area contributed by atoms with E-state index in [9.17, 15) is 10.1 Å². The van der Waals surface area contributed by atoms with Crippen LogP contribution < -0.4 is 4.74 Å². The first-order valence-electron chi connectivity index (χ1n) is 6.28. The van der Waals surface area contributed by atoms with Crippen LogP contribution in [0.2, 0.25) is 0 Å². The topological polar surface area (TPSA) is 62.6 Å². The number of nitriles is 1. The molecule has 0 spiro atoms. The first-order valence-corrected chi connectivity index (χ1v) is 6.28. The largest absolute Gasteiger partial charge is 0.496 e. The summed E-state index contributed by atoms with van der Waals surface area (Å²) in [5.74, 6) is 0.564. The Labute approximate surface area is 119 Å². The van der Waals surface area contributed by atoms with E-state index in [0.29, 0.717) is 11.3 Å². The molecule has 1 atom stereocenters. The maximum absolute atomic E-state index is 12.0. The standard InChI is InChI=1S/C15H20N2O3/c1-15(2,3)20-14(18)17(4)12(10-16)11-8-6-7-9-13(11)19-5/h6-9,12H,1-5H3. The smallest absolute Gasteiger partial charge is 0.411 e. The predicted molar refractivity (Wildman–Crippen MR) is 75.3 cm³/mol. The van der Waals surface area contributed by atoms with Crippen molar-refractivity contribution in [3.8, 4) is 11.8 Å². The summed E-state index contributed by atoms with van der Waals surface area (Å²) >= 11 is 0. The lowest BCUT2D eigenvalue weighted by molar-refractivity contribution is 0.0257. The van der Waals surface area contributed by atoms with Gasteiger partial charge in [0.15, 0.2) is 6.04 Å². The highest BCUT2D eigenvalue weighted by Crippen LogP contribution is 2.28. The second-order valence-electron chi connectivity index (χ2n) is 5.36. The van der Waals surface area contributed by atoms with Gasteiger partial charge in [-0.05, 0) is 26.8 Å². The number of hydrogen-bond donors (Lipinski definition) is 0. The summed E-state index contributed by atoms with van der Waals surface area (Å²) in [5, 5.41) is 9.36. The first-order chi connectivity index (χ1) is 9.30. The summed E-state index contributed by atoms with van der Waals surface area (Å²) < 4.78 is 10.5. The van der Waals surface area contributed by atoms with Gasteiger partial charge in [0.1, 0.15) is 11.4 Å². The number of benzene rings is 1. The van der Waals surface area contributed by atoms with Gasteiger partial charge >= 0.3 is 6.09 Å². The van der Waals surface area contributed by atoms with Crippen LogP contribution in [0.1, 0.15) is 32.4 Å². The van der Waals surface area contributed by atoms with Crippen LogP contribution >= 0.6 is 0 Å². The maximum Gasteiger partial charge on any atom is 0.411 e. The predicted octanol–water partition coefficient (Wildman–Crippen LogP) is 3.13. The van der Waals surface area contributed by atoms with Crippen LogP contribution in [-0.4, -0.2) is 30.8 Å². The van der Waals surface area contributed by atoms with E-state index in [4.69, 9.17) is 9.47 Å². The summed E-state index contributed by atoms with van der Waals surface area (Å²) in [5.41, 5.74) is 0.0254. The Bertz CT molecular complexity index is 515. The molecular formula is C15H20N2O3. The minimum atomic E-state index is -0.763. The molecule has 0 aliphatic carbocycles. The van der Waals surface area contributed by atoms with Crippen LogP contribution in [0.15, 0.2) is 24.3 Å². The zero-order chi connectivity index (χ0) is 15.3. The number of para-hydroxylation sites is 1. The molecule has 1 rings (SSSR count). The van der Waals surface area contributed by atoms with Gasteiger partial charge < -0.3 is 9.47 Å². The number of amides is 1. The van der Waals surface area contributed by atoms with Crippen LogP contribution in [0.4, 0.5) is 4.79 Å². The highest BCUT2D eigenvalue weighted by molar-refractivity contribution is 5.69. The van der Waals surface area contributed by atoms with Gasteiger partial charge in [-0.2, -0.15) is 5.26 Å². The van der Waals surface area contributed by atoms with Crippen molar-refractivity contribution >= 4 is 6.09 Å². The fourth-order valence-electron chi connectivity index (χ4n) is 1.70. The molecule has 0 heterocycles. The fourth-order valence-corrected chi connectivity index (χ4v) is 1.70. The van der Waals surface area contributed by atoms with E-state index >= 15 is 0 Å². The van der Waals surface area contributed by atoms with Crippen molar-refractivity contribution in [3.05, 3.63) is 29.8 Å². The lowest BCUT2D eigenvalue weighted by Gasteiger charge is -2.28. The molecule has 5 nitrogen and oxygen atoms in total. The minimum Gasteiger partial charge on any atom is -0.496 e. The van der Waals surface area contributed by atoms with Crippen molar-refractivity contribution in [1.29, 1.82) is 5.26 Å². The lowest BCUT2D eigenvalue weighted by atomic mass is 10.1. The number of hydrogen-bond acceptors (Lipinski definition) is 4. The van der Waals surface area contributed by atoms with Gasteiger partial charge in [0, 0.05) is 12.6 Å². The molecule has 20 heavy (non-hydrogen) atoms. The van der Waals surface area contributed by atoms with E-state index in [1.165, 1.54) is 19.1 Å². The van der Waals surface area contributed by atoms with Crippen LogP contribution in [0.3, 0.4) is 0 Å². The Balaban J connectivity index is 3.02. The third-order valence-corrected chi connectivity index (χ3v) is 2.62. The molecule has 0 saturated heterocycles. The average Bonchev–Trinajstić information content (AvgIpc) is 2.38. The Morgan fingerprint density at radius 3 is 2.45 bits per heavy atom. The van der Waals surface area contributed by atoms with Gasteiger partial charge in [-0.1, -0.05) is 18.2 Å². The molecule has 0 aliphatic heterocycles. The molecule has 0 aromatic heterocycles. The molecule has 0 N–H and O–H groups in total. The molecule has 108 valence electrons. The van der Waals surface area contributed by atoms with Crippen LogP contribution in [-0.2, 0) is 4.74 Å². The van der Waals surface area contributed by atoms with Gasteiger partial charge in [0.25, 0.3) is 0 Å². The van der Waals surface area contributed by atoms with Crippen molar-refractivity contribution in [2.75, 3.05) is 14.2 Å². The summed E-state index contributed by atoms with van der Waals surface area (Å²) in [7, 11) is 3.06. The normalized spacial score (nSPS) is 12.2. The average molecular weight is 276 g/mol. The Hall–Kier alpha value is -2.22. The molecule has 1 aromatic rings. The number of rotatable bonds is 3. The van der Waals surface area contributed by atoms with E-state index in [0.717, 1.165) is 0 Å². The van der Waals surface area contributed by atoms with E-state index < -0.39 is 17.7 Å². The number of methoxy groups -OCH3 is 1.